The van der Waals surface area contributed by atoms with Crippen LogP contribution in [0, 0.1) is 0 Å². The summed E-state index contributed by atoms with van der Waals surface area (Å²) < 4.78 is 22.9. The zero-order valence-electron chi connectivity index (χ0n) is 19.7. The SMILES string of the molecule is C[C@@H]1OC(N=[N+]=[N-])[C@@H](OC(=O)c2ccccc2)[C@H](OC(=O)c2ccccc2)[C@@H]1OC(=O)c1ccccc1. The average molecular weight is 501 g/mol. The molecule has 10 heteroatoms. The normalized spacial score (nSPS) is 22.7. The Morgan fingerprint density at radius 2 is 1.05 bits per heavy atom. The van der Waals surface area contributed by atoms with Crippen LogP contribution in [-0.4, -0.2) is 48.6 Å². The molecule has 0 amide bonds. The van der Waals surface area contributed by atoms with Gasteiger partial charge in [-0.2, -0.15) is 0 Å². The van der Waals surface area contributed by atoms with E-state index in [1.54, 1.807) is 85.8 Å². The van der Waals surface area contributed by atoms with Crippen molar-refractivity contribution < 1.29 is 33.3 Å². The van der Waals surface area contributed by atoms with Gasteiger partial charge in [0.2, 0.25) is 0 Å². The van der Waals surface area contributed by atoms with E-state index in [2.05, 4.69) is 10.0 Å². The van der Waals surface area contributed by atoms with Gasteiger partial charge in [-0.25, -0.2) is 14.4 Å². The molecule has 0 aliphatic carbocycles. The van der Waals surface area contributed by atoms with E-state index in [1.165, 1.54) is 12.1 Å². The molecular weight excluding hydrogens is 478 g/mol. The van der Waals surface area contributed by atoms with Crippen LogP contribution >= 0.6 is 0 Å². The topological polar surface area (TPSA) is 137 Å². The molecule has 37 heavy (non-hydrogen) atoms. The van der Waals surface area contributed by atoms with E-state index < -0.39 is 48.6 Å². The lowest BCUT2D eigenvalue weighted by Crippen LogP contribution is -2.60. The van der Waals surface area contributed by atoms with Crippen LogP contribution < -0.4 is 0 Å². The van der Waals surface area contributed by atoms with Crippen molar-refractivity contribution in [2.24, 2.45) is 5.11 Å². The third kappa shape index (κ3) is 6.13. The van der Waals surface area contributed by atoms with E-state index in [0.29, 0.717) is 0 Å². The smallest absolute Gasteiger partial charge is 0.338 e. The first-order valence-electron chi connectivity index (χ1n) is 11.5. The Balaban J connectivity index is 1.69. The molecule has 3 aromatic rings. The van der Waals surface area contributed by atoms with Gasteiger partial charge in [0.05, 0.1) is 22.8 Å². The quantitative estimate of drug-likeness (QED) is 0.150. The number of benzene rings is 3. The van der Waals surface area contributed by atoms with Crippen molar-refractivity contribution in [3.63, 3.8) is 0 Å². The number of hydrogen-bond acceptors (Lipinski definition) is 8. The van der Waals surface area contributed by atoms with E-state index in [4.69, 9.17) is 24.5 Å². The van der Waals surface area contributed by atoms with Gasteiger partial charge in [0, 0.05) is 4.91 Å². The van der Waals surface area contributed by atoms with Crippen molar-refractivity contribution in [1.82, 2.24) is 0 Å². The highest BCUT2D eigenvalue weighted by Crippen LogP contribution is 2.31. The minimum atomic E-state index is -1.42. The summed E-state index contributed by atoms with van der Waals surface area (Å²) in [5.74, 6) is -2.21. The first-order valence-corrected chi connectivity index (χ1v) is 11.5. The van der Waals surface area contributed by atoms with E-state index in [0.717, 1.165) is 0 Å². The molecular formula is C27H23N3O7. The first-order chi connectivity index (χ1) is 18.0. The minimum Gasteiger partial charge on any atom is -0.452 e. The molecule has 0 saturated carbocycles. The Kier molecular flexibility index (Phi) is 8.15. The van der Waals surface area contributed by atoms with Gasteiger partial charge in [0.25, 0.3) is 0 Å². The Bertz CT molecular complexity index is 1280. The summed E-state index contributed by atoms with van der Waals surface area (Å²) >= 11 is 0. The van der Waals surface area contributed by atoms with Gasteiger partial charge >= 0.3 is 17.9 Å². The van der Waals surface area contributed by atoms with Crippen LogP contribution in [0.2, 0.25) is 0 Å². The summed E-state index contributed by atoms with van der Waals surface area (Å²) in [6.07, 6.45) is -6.20. The van der Waals surface area contributed by atoms with Crippen molar-refractivity contribution in [2.45, 2.75) is 37.6 Å². The number of esters is 3. The molecule has 1 heterocycles. The number of azide groups is 1. The molecule has 1 saturated heterocycles. The predicted molar refractivity (Wildman–Crippen MR) is 130 cm³/mol. The molecule has 0 radical (unpaired) electrons. The maximum absolute atomic E-state index is 13.0. The van der Waals surface area contributed by atoms with Crippen molar-refractivity contribution >= 4 is 17.9 Å². The molecule has 0 N–H and O–H groups in total. The largest absolute Gasteiger partial charge is 0.452 e. The number of ether oxygens (including phenoxy) is 4. The first kappa shape index (κ1) is 25.4. The monoisotopic (exact) mass is 501 g/mol. The van der Waals surface area contributed by atoms with E-state index >= 15 is 0 Å². The van der Waals surface area contributed by atoms with Gasteiger partial charge in [-0.15, -0.1) is 0 Å². The summed E-state index contributed by atoms with van der Waals surface area (Å²) in [5, 5.41) is 3.61. The maximum Gasteiger partial charge on any atom is 0.338 e. The number of carbonyl (C=O) groups excluding carboxylic acids is 3. The molecule has 4 rings (SSSR count). The molecule has 0 aromatic heterocycles. The van der Waals surface area contributed by atoms with Crippen LogP contribution in [0.15, 0.2) is 96.1 Å². The molecule has 1 fully saturated rings. The average Bonchev–Trinajstić information content (AvgIpc) is 2.94. The van der Waals surface area contributed by atoms with Crippen LogP contribution in [0.1, 0.15) is 38.0 Å². The van der Waals surface area contributed by atoms with Gasteiger partial charge < -0.3 is 18.9 Å². The maximum atomic E-state index is 13.0. The second-order valence-corrected chi connectivity index (χ2v) is 8.14. The lowest BCUT2D eigenvalue weighted by Gasteiger charge is -2.42. The summed E-state index contributed by atoms with van der Waals surface area (Å²) in [4.78, 5) is 41.7. The van der Waals surface area contributed by atoms with Gasteiger partial charge in [0.15, 0.2) is 24.5 Å². The van der Waals surface area contributed by atoms with Crippen molar-refractivity contribution in [1.29, 1.82) is 0 Å². The molecule has 1 aliphatic rings. The fourth-order valence-electron chi connectivity index (χ4n) is 3.85. The molecule has 0 spiro atoms. The highest BCUT2D eigenvalue weighted by atomic mass is 16.7. The Hall–Kier alpha value is -4.66. The van der Waals surface area contributed by atoms with Crippen molar-refractivity contribution in [2.75, 3.05) is 0 Å². The predicted octanol–water partition coefficient (Wildman–Crippen LogP) is 4.72. The second kappa shape index (κ2) is 11.9. The highest BCUT2D eigenvalue weighted by Gasteiger charge is 2.51. The zero-order chi connectivity index (χ0) is 26.2. The molecule has 1 aliphatic heterocycles. The van der Waals surface area contributed by atoms with E-state index in [-0.39, 0.29) is 16.7 Å². The fraction of sp³-hybridized carbons (Fsp3) is 0.222. The Morgan fingerprint density at radius 3 is 1.46 bits per heavy atom. The Morgan fingerprint density at radius 1 is 0.676 bits per heavy atom. The molecule has 0 bridgehead atoms. The molecule has 188 valence electrons. The van der Waals surface area contributed by atoms with Gasteiger partial charge in [-0.1, -0.05) is 59.7 Å². The third-order valence-corrected chi connectivity index (χ3v) is 5.67. The third-order valence-electron chi connectivity index (χ3n) is 5.67. The van der Waals surface area contributed by atoms with Crippen molar-refractivity contribution in [3.05, 3.63) is 118 Å². The molecule has 5 atom stereocenters. The molecule has 1 unspecified atom stereocenters. The van der Waals surface area contributed by atoms with E-state index in [9.17, 15) is 14.4 Å². The summed E-state index contributed by atoms with van der Waals surface area (Å²) in [5.41, 5.74) is 9.83. The van der Waals surface area contributed by atoms with Crippen LogP contribution in [0.25, 0.3) is 10.4 Å². The van der Waals surface area contributed by atoms with Gasteiger partial charge in [0.1, 0.15) is 0 Å². The zero-order valence-corrected chi connectivity index (χ0v) is 19.7. The minimum absolute atomic E-state index is 0.215. The number of rotatable bonds is 7. The molecule has 3 aromatic carbocycles. The number of nitrogens with zero attached hydrogens (tertiary/aromatic N) is 3. The fourth-order valence-corrected chi connectivity index (χ4v) is 3.85. The summed E-state index contributed by atoms with van der Waals surface area (Å²) in [6, 6.07) is 24.5. The standard InChI is InChI=1S/C27H23N3O7/c1-17-21(35-25(31)18-11-5-2-6-12-18)22(36-26(32)19-13-7-3-8-14-19)23(24(34-17)29-30-28)37-27(33)20-15-9-4-10-16-20/h2-17,21-24H,1H3/t17-,21+,22+,23-,24?/m0/s1. The summed E-state index contributed by atoms with van der Waals surface area (Å²) in [6.45, 7) is 1.57. The van der Waals surface area contributed by atoms with Gasteiger partial charge in [-0.05, 0) is 48.9 Å². The number of carbonyl (C=O) groups is 3. The lowest BCUT2D eigenvalue weighted by molar-refractivity contribution is -0.215. The number of hydrogen-bond donors (Lipinski definition) is 0. The second-order valence-electron chi connectivity index (χ2n) is 8.14. The van der Waals surface area contributed by atoms with Gasteiger partial charge in [-0.3, -0.25) is 0 Å². The van der Waals surface area contributed by atoms with Crippen LogP contribution in [0.4, 0.5) is 0 Å². The summed E-state index contributed by atoms with van der Waals surface area (Å²) in [7, 11) is 0. The lowest BCUT2D eigenvalue weighted by atomic mass is 9.97. The van der Waals surface area contributed by atoms with Crippen LogP contribution in [-0.2, 0) is 18.9 Å². The molecule has 10 nitrogen and oxygen atoms in total. The van der Waals surface area contributed by atoms with Crippen LogP contribution in [0.3, 0.4) is 0 Å². The van der Waals surface area contributed by atoms with E-state index in [1.807, 2.05) is 0 Å². The Labute approximate surface area is 212 Å². The van der Waals surface area contributed by atoms with Crippen molar-refractivity contribution in [3.8, 4) is 0 Å². The van der Waals surface area contributed by atoms with Crippen LogP contribution in [0.5, 0.6) is 0 Å². The highest BCUT2D eigenvalue weighted by molar-refractivity contribution is 5.91.